The van der Waals surface area contributed by atoms with Gasteiger partial charge in [-0.05, 0) is 83.5 Å². The van der Waals surface area contributed by atoms with E-state index in [1.54, 1.807) is 0 Å². The summed E-state index contributed by atoms with van der Waals surface area (Å²) in [5, 5.41) is 0. The summed E-state index contributed by atoms with van der Waals surface area (Å²) in [5.74, 6) is -0.866. The van der Waals surface area contributed by atoms with Gasteiger partial charge in [-0.3, -0.25) is 14.2 Å². The second kappa shape index (κ2) is 71.0. The van der Waals surface area contributed by atoms with E-state index < -0.39 is 26.5 Å². The number of carbonyl (C=O) groups is 2. The third-order valence-electron chi connectivity index (χ3n) is 16.6. The average Bonchev–Trinajstić information content (AvgIpc) is 3.30. The first-order valence-electron chi connectivity index (χ1n) is 38.1. The van der Waals surface area contributed by atoms with Crippen LogP contribution in [-0.4, -0.2) is 70.0 Å². The molecule has 0 radical (unpaired) electrons. The molecule has 0 aliphatic carbocycles. The number of rotatable bonds is 70. The van der Waals surface area contributed by atoms with Gasteiger partial charge in [0.25, 0.3) is 7.82 Å². The van der Waals surface area contributed by atoms with Crippen molar-refractivity contribution in [3.8, 4) is 0 Å². The molecule has 0 bridgehead atoms. The number of quaternary nitrogens is 1. The van der Waals surface area contributed by atoms with Gasteiger partial charge in [-0.2, -0.15) is 0 Å². The molecule has 91 heavy (non-hydrogen) atoms. The quantitative estimate of drug-likeness (QED) is 0.0195. The summed E-state index contributed by atoms with van der Waals surface area (Å²) in [4.78, 5) is 38.1. The molecule has 2 atom stereocenters. The zero-order chi connectivity index (χ0) is 66.2. The predicted octanol–water partition coefficient (Wildman–Crippen LogP) is 24.6. The zero-order valence-electron chi connectivity index (χ0n) is 60.0. The Morgan fingerprint density at radius 3 is 0.934 bits per heavy atom. The van der Waals surface area contributed by atoms with Gasteiger partial charge in [0.05, 0.1) is 27.7 Å². The first-order chi connectivity index (χ1) is 44.5. The number of allylic oxidation sites excluding steroid dienone is 18. The zero-order valence-corrected chi connectivity index (χ0v) is 60.9. The smallest absolute Gasteiger partial charge is 0.306 e. The number of nitrogens with zero attached hydrogens (tertiary/aromatic N) is 1. The Morgan fingerprint density at radius 2 is 0.626 bits per heavy atom. The summed E-state index contributed by atoms with van der Waals surface area (Å²) in [5.41, 5.74) is 0. The average molecular weight is 1290 g/mol. The van der Waals surface area contributed by atoms with Gasteiger partial charge in [0, 0.05) is 12.8 Å². The first-order valence-corrected chi connectivity index (χ1v) is 39.6. The van der Waals surface area contributed by atoms with Crippen LogP contribution in [0.5, 0.6) is 0 Å². The van der Waals surface area contributed by atoms with Crippen LogP contribution in [0.15, 0.2) is 109 Å². The maximum atomic E-state index is 12.9. The van der Waals surface area contributed by atoms with E-state index >= 15 is 0 Å². The Balaban J connectivity index is 4.05. The van der Waals surface area contributed by atoms with Gasteiger partial charge in [0.15, 0.2) is 6.10 Å². The highest BCUT2D eigenvalue weighted by molar-refractivity contribution is 7.45. The summed E-state index contributed by atoms with van der Waals surface area (Å²) in [6, 6.07) is 0. The van der Waals surface area contributed by atoms with Crippen LogP contribution in [0.25, 0.3) is 0 Å². The van der Waals surface area contributed by atoms with Crippen molar-refractivity contribution in [1.82, 2.24) is 0 Å². The van der Waals surface area contributed by atoms with Gasteiger partial charge < -0.3 is 27.9 Å². The minimum absolute atomic E-state index is 0.0418. The van der Waals surface area contributed by atoms with Crippen molar-refractivity contribution in [3.63, 3.8) is 0 Å². The van der Waals surface area contributed by atoms with Crippen molar-refractivity contribution in [2.75, 3.05) is 47.5 Å². The predicted molar refractivity (Wildman–Crippen MR) is 392 cm³/mol. The third-order valence-corrected chi connectivity index (χ3v) is 17.5. The van der Waals surface area contributed by atoms with Crippen LogP contribution in [-0.2, 0) is 32.7 Å². The third kappa shape index (κ3) is 75.6. The Bertz CT molecular complexity index is 1910. The van der Waals surface area contributed by atoms with Crippen molar-refractivity contribution in [2.24, 2.45) is 0 Å². The van der Waals surface area contributed by atoms with Crippen molar-refractivity contribution in [1.29, 1.82) is 0 Å². The molecular weight excluding hydrogens is 1150 g/mol. The van der Waals surface area contributed by atoms with Crippen LogP contribution in [0.2, 0.25) is 0 Å². The van der Waals surface area contributed by atoms with Crippen LogP contribution in [0.4, 0.5) is 0 Å². The van der Waals surface area contributed by atoms with E-state index in [0.29, 0.717) is 17.4 Å². The fraction of sp³-hybridized carbons (Fsp3) is 0.753. The van der Waals surface area contributed by atoms with Gasteiger partial charge in [0.2, 0.25) is 0 Å². The molecule has 0 N–H and O–H groups in total. The van der Waals surface area contributed by atoms with Crippen LogP contribution in [0, 0.1) is 0 Å². The van der Waals surface area contributed by atoms with Crippen molar-refractivity contribution in [2.45, 2.75) is 347 Å². The number of hydrogen-bond acceptors (Lipinski definition) is 8. The van der Waals surface area contributed by atoms with Crippen LogP contribution in [0.3, 0.4) is 0 Å². The Hall–Kier alpha value is -3.33. The summed E-state index contributed by atoms with van der Waals surface area (Å²) in [7, 11) is 1.14. The molecule has 0 heterocycles. The molecule has 0 aromatic carbocycles. The second-order valence-electron chi connectivity index (χ2n) is 26.6. The number of likely N-dealkylation sites (N-methyl/N-ethyl adjacent to an activating group) is 1. The molecular formula is C81H144NO8P. The maximum absolute atomic E-state index is 12.9. The van der Waals surface area contributed by atoms with E-state index in [1.807, 2.05) is 21.1 Å². The molecule has 0 saturated heterocycles. The van der Waals surface area contributed by atoms with Crippen molar-refractivity contribution < 1.29 is 42.1 Å². The van der Waals surface area contributed by atoms with Crippen LogP contribution < -0.4 is 4.89 Å². The van der Waals surface area contributed by atoms with Gasteiger partial charge in [-0.1, -0.05) is 354 Å². The standard InChI is InChI=1S/C81H144NO8P/c1-6-8-10-12-14-16-18-20-22-24-26-28-30-32-34-36-38-39-40-41-42-44-45-47-49-51-53-55-57-59-61-63-65-67-69-71-73-80(83)87-77-79(78-89-91(85,86)88-76-75-82(3,4)5)90-81(84)74-72-70-68-66-64-62-60-58-56-54-52-50-48-46-43-37-35-33-31-29-27-25-23-21-19-17-15-13-11-9-7-2/h9,11,15,17,21,23,27,29,33,35,43,46,50,52,56,58,62,64,79H,6-8,10,12-14,16,18-20,22,24-26,28,30-32,34,36-42,44-45,47-49,51,53-55,57,59-61,63,65-78H2,1-5H3/b11-9-,17-15-,23-21-,29-27-,35-33-,46-43-,52-50-,58-56-,64-62-. The highest BCUT2D eigenvalue weighted by Crippen LogP contribution is 2.38. The van der Waals surface area contributed by atoms with Crippen molar-refractivity contribution in [3.05, 3.63) is 109 Å². The second-order valence-corrected chi connectivity index (χ2v) is 28.1. The highest BCUT2D eigenvalue weighted by atomic mass is 31.2. The molecule has 0 aromatic rings. The molecule has 9 nitrogen and oxygen atoms in total. The minimum atomic E-state index is -4.66. The lowest BCUT2D eigenvalue weighted by Gasteiger charge is -2.28. The summed E-state index contributed by atoms with van der Waals surface area (Å²) in [6.45, 7) is 4.12. The molecule has 0 amide bonds. The summed E-state index contributed by atoms with van der Waals surface area (Å²) >= 11 is 0. The minimum Gasteiger partial charge on any atom is -0.756 e. The van der Waals surface area contributed by atoms with Gasteiger partial charge in [-0.15, -0.1) is 0 Å². The van der Waals surface area contributed by atoms with E-state index in [1.165, 1.54) is 212 Å². The molecule has 0 fully saturated rings. The van der Waals surface area contributed by atoms with E-state index in [2.05, 4.69) is 123 Å². The molecule has 0 aromatic heterocycles. The van der Waals surface area contributed by atoms with Gasteiger partial charge >= 0.3 is 11.9 Å². The topological polar surface area (TPSA) is 111 Å². The Morgan fingerprint density at radius 1 is 0.352 bits per heavy atom. The SMILES string of the molecule is CC/C=C\C/C=C\C/C=C\C/C=C\C/C=C\C/C=C\C/C=C\C/C=C\C/C=C\CCCCCC(=O)OC(COC(=O)CCCCCCCCCCCCCCCCCCCCCCCCCCCCCCCCCCCCCC)COP(=O)([O-])OCC[N+](C)(C)C. The monoisotopic (exact) mass is 1290 g/mol. The number of phosphoric ester groups is 1. The van der Waals surface area contributed by atoms with E-state index in [-0.39, 0.29) is 32.0 Å². The van der Waals surface area contributed by atoms with E-state index in [4.69, 9.17) is 18.5 Å². The molecule has 526 valence electrons. The summed E-state index contributed by atoms with van der Waals surface area (Å²) in [6.07, 6.45) is 101. The Labute approximate surface area is 563 Å². The van der Waals surface area contributed by atoms with E-state index in [0.717, 1.165) is 96.3 Å². The lowest BCUT2D eigenvalue weighted by Crippen LogP contribution is -2.37. The number of ether oxygens (including phenoxy) is 2. The van der Waals surface area contributed by atoms with Crippen LogP contribution >= 0.6 is 7.82 Å². The molecule has 2 unspecified atom stereocenters. The van der Waals surface area contributed by atoms with Crippen LogP contribution in [0.1, 0.15) is 341 Å². The molecule has 0 aliphatic rings. The normalized spacial score (nSPS) is 13.7. The number of hydrogen-bond donors (Lipinski definition) is 0. The largest absolute Gasteiger partial charge is 0.756 e. The molecule has 0 spiro atoms. The fourth-order valence-electron chi connectivity index (χ4n) is 10.8. The van der Waals surface area contributed by atoms with Gasteiger partial charge in [-0.25, -0.2) is 0 Å². The molecule has 0 aliphatic heterocycles. The highest BCUT2D eigenvalue weighted by Gasteiger charge is 2.22. The lowest BCUT2D eigenvalue weighted by molar-refractivity contribution is -0.870. The van der Waals surface area contributed by atoms with Gasteiger partial charge in [0.1, 0.15) is 19.8 Å². The lowest BCUT2D eigenvalue weighted by atomic mass is 10.0. The molecule has 0 rings (SSSR count). The summed E-state index contributed by atoms with van der Waals surface area (Å²) < 4.78 is 34.3. The maximum Gasteiger partial charge on any atom is 0.306 e. The van der Waals surface area contributed by atoms with E-state index in [9.17, 15) is 19.0 Å². The molecule has 0 saturated carbocycles. The Kier molecular flexibility index (Phi) is 68.4. The number of esters is 2. The number of phosphoric acid groups is 1. The molecule has 10 heteroatoms. The first kappa shape index (κ1) is 87.7. The van der Waals surface area contributed by atoms with Crippen molar-refractivity contribution >= 4 is 19.8 Å². The number of carbonyl (C=O) groups excluding carboxylic acids is 2. The fourth-order valence-corrected chi connectivity index (χ4v) is 11.5. The number of unbranched alkanes of at least 4 members (excludes halogenated alkanes) is 38.